The lowest BCUT2D eigenvalue weighted by molar-refractivity contribution is 0.278. The van der Waals surface area contributed by atoms with E-state index in [4.69, 9.17) is 20.9 Å². The van der Waals surface area contributed by atoms with Gasteiger partial charge >= 0.3 is 0 Å². The summed E-state index contributed by atoms with van der Waals surface area (Å²) in [4.78, 5) is 4.56. The van der Waals surface area contributed by atoms with Crippen molar-refractivity contribution >= 4 is 23.4 Å². The molecule has 0 N–H and O–H groups in total. The van der Waals surface area contributed by atoms with Crippen LogP contribution in [0.4, 0.5) is 0 Å². The van der Waals surface area contributed by atoms with E-state index >= 15 is 0 Å². The molecule has 0 fully saturated rings. The molecular formula is C22H30ClN5O2S. The minimum Gasteiger partial charge on any atom is -0.484 e. The van der Waals surface area contributed by atoms with Gasteiger partial charge in [-0.2, -0.15) is 4.98 Å². The fourth-order valence-corrected chi connectivity index (χ4v) is 4.45. The maximum Gasteiger partial charge on any atom is 0.239 e. The number of halogens is 1. The van der Waals surface area contributed by atoms with Crippen molar-refractivity contribution in [1.29, 1.82) is 0 Å². The van der Waals surface area contributed by atoms with Crippen LogP contribution in [0.1, 0.15) is 82.2 Å². The van der Waals surface area contributed by atoms with Crippen LogP contribution in [0.2, 0.25) is 5.02 Å². The van der Waals surface area contributed by atoms with Gasteiger partial charge in [-0.1, -0.05) is 67.8 Å². The van der Waals surface area contributed by atoms with Gasteiger partial charge in [-0.15, -0.1) is 10.2 Å². The molecule has 0 amide bonds. The molecule has 3 rings (SSSR count). The van der Waals surface area contributed by atoms with Crippen molar-refractivity contribution < 1.29 is 9.26 Å². The fraction of sp³-hybridized carbons (Fsp3) is 0.545. The Bertz CT molecular complexity index is 957. The molecule has 1 aromatic carbocycles. The van der Waals surface area contributed by atoms with Gasteiger partial charge < -0.3 is 13.8 Å². The number of nitrogens with zero attached hydrogens (tertiary/aromatic N) is 5. The molecule has 2 aromatic heterocycles. The third-order valence-corrected chi connectivity index (χ3v) is 6.46. The second kappa shape index (κ2) is 11.5. The van der Waals surface area contributed by atoms with Crippen LogP contribution < -0.4 is 4.74 Å². The Balaban J connectivity index is 1.78. The second-order valence-corrected chi connectivity index (χ2v) is 9.09. The number of thioether (sulfide) groups is 1. The first-order chi connectivity index (χ1) is 15.1. The number of aryl methyl sites for hydroxylation is 1. The highest BCUT2D eigenvalue weighted by molar-refractivity contribution is 7.99. The largest absolute Gasteiger partial charge is 0.484 e. The van der Waals surface area contributed by atoms with Gasteiger partial charge in [-0.05, 0) is 38.3 Å². The number of aromatic nitrogens is 5. The highest BCUT2D eigenvalue weighted by Gasteiger charge is 2.24. The molecule has 7 nitrogen and oxygen atoms in total. The van der Waals surface area contributed by atoms with Crippen molar-refractivity contribution in [3.05, 3.63) is 46.8 Å². The first-order valence-electron chi connectivity index (χ1n) is 10.9. The molecule has 0 saturated heterocycles. The van der Waals surface area contributed by atoms with Crippen molar-refractivity contribution in [2.75, 3.05) is 0 Å². The van der Waals surface area contributed by atoms with Gasteiger partial charge in [0.15, 0.2) is 16.8 Å². The molecule has 0 radical (unpaired) electrons. The van der Waals surface area contributed by atoms with Crippen molar-refractivity contribution in [2.45, 2.75) is 82.9 Å². The topological polar surface area (TPSA) is 78.9 Å². The number of unbranched alkanes of at least 4 members (excludes halogenated alkanes) is 1. The Kier molecular flexibility index (Phi) is 8.78. The van der Waals surface area contributed by atoms with Crippen LogP contribution in [0.15, 0.2) is 33.9 Å². The van der Waals surface area contributed by atoms with Crippen molar-refractivity contribution in [3.63, 3.8) is 0 Å². The highest BCUT2D eigenvalue weighted by atomic mass is 35.5. The molecule has 1 atom stereocenters. The Morgan fingerprint density at radius 3 is 2.65 bits per heavy atom. The Labute approximate surface area is 192 Å². The highest BCUT2D eigenvalue weighted by Crippen LogP contribution is 2.36. The molecular weight excluding hydrogens is 434 g/mol. The lowest BCUT2D eigenvalue weighted by Gasteiger charge is -2.20. The molecule has 3 aromatic rings. The zero-order chi connectivity index (χ0) is 22.2. The van der Waals surface area contributed by atoms with E-state index in [1.807, 2.05) is 31.2 Å². The number of benzene rings is 1. The fourth-order valence-electron chi connectivity index (χ4n) is 3.29. The van der Waals surface area contributed by atoms with Crippen molar-refractivity contribution in [3.8, 4) is 5.75 Å². The van der Waals surface area contributed by atoms with Crippen LogP contribution in [-0.4, -0.2) is 24.9 Å². The average Bonchev–Trinajstić information content (AvgIpc) is 3.40. The second-order valence-electron chi connectivity index (χ2n) is 7.37. The average molecular weight is 464 g/mol. The van der Waals surface area contributed by atoms with E-state index in [1.165, 1.54) is 0 Å². The van der Waals surface area contributed by atoms with Crippen LogP contribution in [0.5, 0.6) is 5.75 Å². The lowest BCUT2D eigenvalue weighted by atomic mass is 10.2. The predicted octanol–water partition coefficient (Wildman–Crippen LogP) is 6.45. The summed E-state index contributed by atoms with van der Waals surface area (Å²) in [5, 5.41) is 14.4. The molecule has 0 aliphatic rings. The maximum atomic E-state index is 6.23. The molecule has 9 heteroatoms. The third kappa shape index (κ3) is 6.01. The monoisotopic (exact) mass is 463 g/mol. The van der Waals surface area contributed by atoms with E-state index in [0.717, 1.165) is 48.9 Å². The molecule has 2 heterocycles. The number of para-hydroxylation sites is 1. The summed E-state index contributed by atoms with van der Waals surface area (Å²) in [5.41, 5.74) is 0. The standard InChI is InChI=1S/C22H30ClN5O2S/c1-5-8-13-19-24-21(30-27-19)15(4)31-22-26-25-20(28(22)16(6-2)7-3)14-29-18-12-10-9-11-17(18)23/h9-12,15-16H,5-8,13-14H2,1-4H3. The van der Waals surface area contributed by atoms with Crippen molar-refractivity contribution in [2.24, 2.45) is 0 Å². The van der Waals surface area contributed by atoms with E-state index in [2.05, 4.69) is 45.7 Å². The van der Waals surface area contributed by atoms with Gasteiger partial charge in [0.2, 0.25) is 5.89 Å². The predicted molar refractivity (Wildman–Crippen MR) is 123 cm³/mol. The first-order valence-corrected chi connectivity index (χ1v) is 12.1. The summed E-state index contributed by atoms with van der Waals surface area (Å²) in [7, 11) is 0. The van der Waals surface area contributed by atoms with Gasteiger partial charge in [0.1, 0.15) is 12.4 Å². The van der Waals surface area contributed by atoms with Crippen LogP contribution in [0.3, 0.4) is 0 Å². The Morgan fingerprint density at radius 1 is 1.16 bits per heavy atom. The van der Waals surface area contributed by atoms with Crippen LogP contribution >= 0.6 is 23.4 Å². The first kappa shape index (κ1) is 23.6. The van der Waals surface area contributed by atoms with Crippen LogP contribution in [-0.2, 0) is 13.0 Å². The zero-order valence-corrected chi connectivity index (χ0v) is 20.1. The van der Waals surface area contributed by atoms with E-state index < -0.39 is 0 Å². The van der Waals surface area contributed by atoms with Crippen molar-refractivity contribution in [1.82, 2.24) is 24.9 Å². The normalized spacial score (nSPS) is 12.5. The number of hydrogen-bond donors (Lipinski definition) is 0. The molecule has 0 bridgehead atoms. The Morgan fingerprint density at radius 2 is 1.94 bits per heavy atom. The molecule has 168 valence electrons. The summed E-state index contributed by atoms with van der Waals surface area (Å²) in [6, 6.07) is 7.71. The number of hydrogen-bond acceptors (Lipinski definition) is 7. The van der Waals surface area contributed by atoms with E-state index in [1.54, 1.807) is 11.8 Å². The van der Waals surface area contributed by atoms with Gasteiger partial charge in [-0.3, -0.25) is 0 Å². The molecule has 0 spiro atoms. The summed E-state index contributed by atoms with van der Waals surface area (Å²) in [6.45, 7) is 8.83. The maximum absolute atomic E-state index is 6.23. The molecule has 31 heavy (non-hydrogen) atoms. The van der Waals surface area contributed by atoms with E-state index in [0.29, 0.717) is 23.3 Å². The lowest BCUT2D eigenvalue weighted by Crippen LogP contribution is -2.14. The quantitative estimate of drug-likeness (QED) is 0.285. The smallest absolute Gasteiger partial charge is 0.239 e. The van der Waals surface area contributed by atoms with Gasteiger partial charge in [-0.25, -0.2) is 0 Å². The van der Waals surface area contributed by atoms with Crippen LogP contribution in [0.25, 0.3) is 0 Å². The third-order valence-electron chi connectivity index (χ3n) is 5.10. The number of ether oxygens (including phenoxy) is 1. The molecule has 0 saturated carbocycles. The SMILES string of the molecule is CCCCc1noc(C(C)Sc2nnc(COc3ccccc3Cl)n2C(CC)CC)n1. The van der Waals surface area contributed by atoms with Gasteiger partial charge in [0.25, 0.3) is 0 Å². The minimum absolute atomic E-state index is 0.0301. The van der Waals surface area contributed by atoms with E-state index in [-0.39, 0.29) is 11.3 Å². The molecule has 0 aliphatic heterocycles. The molecule has 0 aliphatic carbocycles. The van der Waals surface area contributed by atoms with Gasteiger partial charge in [0.05, 0.1) is 10.3 Å². The molecule has 1 unspecified atom stereocenters. The van der Waals surface area contributed by atoms with Crippen LogP contribution in [0, 0.1) is 0 Å². The zero-order valence-electron chi connectivity index (χ0n) is 18.5. The van der Waals surface area contributed by atoms with Gasteiger partial charge in [0, 0.05) is 12.5 Å². The Hall–Kier alpha value is -2.06. The summed E-state index contributed by atoms with van der Waals surface area (Å²) in [5.74, 6) is 2.79. The van der Waals surface area contributed by atoms with E-state index in [9.17, 15) is 0 Å². The summed E-state index contributed by atoms with van der Waals surface area (Å²) in [6.07, 6.45) is 4.93. The number of rotatable bonds is 12. The summed E-state index contributed by atoms with van der Waals surface area (Å²) < 4.78 is 13.6. The minimum atomic E-state index is -0.0301. The summed E-state index contributed by atoms with van der Waals surface area (Å²) >= 11 is 7.80.